The summed E-state index contributed by atoms with van der Waals surface area (Å²) < 4.78 is 0. The van der Waals surface area contributed by atoms with Gasteiger partial charge in [-0.05, 0) is 6.42 Å². The van der Waals surface area contributed by atoms with Crippen molar-refractivity contribution in [3.8, 4) is 0 Å². The fourth-order valence-electron chi connectivity index (χ4n) is 4.28. The predicted octanol–water partition coefficient (Wildman–Crippen LogP) is 0.782. The van der Waals surface area contributed by atoms with Crippen LogP contribution in [0.4, 0.5) is 0 Å². The van der Waals surface area contributed by atoms with Crippen molar-refractivity contribution < 1.29 is 14.5 Å². The Morgan fingerprint density at radius 1 is 0.963 bits per heavy atom. The average molecular weight is 364 g/mol. The van der Waals surface area contributed by atoms with Gasteiger partial charge in [0, 0.05) is 17.5 Å². The van der Waals surface area contributed by atoms with Crippen LogP contribution < -0.4 is 10.2 Å². The van der Waals surface area contributed by atoms with Crippen LogP contribution >= 0.6 is 0 Å². The maximum Gasteiger partial charge on any atom is 0.245 e. The molecule has 27 heavy (non-hydrogen) atoms. The van der Waals surface area contributed by atoms with E-state index in [9.17, 15) is 9.59 Å². The summed E-state index contributed by atoms with van der Waals surface area (Å²) in [4.78, 5) is 27.5. The Balaban J connectivity index is 1.47. The van der Waals surface area contributed by atoms with E-state index in [-0.39, 0.29) is 23.9 Å². The molecule has 2 aromatic rings. The summed E-state index contributed by atoms with van der Waals surface area (Å²) in [7, 11) is 0. The highest BCUT2D eigenvalue weighted by molar-refractivity contribution is 5.90. The lowest BCUT2D eigenvalue weighted by Gasteiger charge is -2.37. The number of benzene rings is 2. The highest BCUT2D eigenvalue weighted by Gasteiger charge is 2.35. The van der Waals surface area contributed by atoms with Gasteiger partial charge in [0.15, 0.2) is 0 Å². The standard InChI is InChI=1S/C22H25N3O2/c26-20-12-11-19(23-20)22(27)25-15-13-24(14-16-25)21(17-7-3-1-4-8-17)18-9-5-2-6-10-18/h1-10,19,21H,11-16H2,(H,23,26)/p+1/t19-/m0/s1. The maximum absolute atomic E-state index is 12.7. The molecule has 0 radical (unpaired) electrons. The van der Waals surface area contributed by atoms with Crippen LogP contribution in [0.15, 0.2) is 60.7 Å². The molecule has 0 aromatic heterocycles. The van der Waals surface area contributed by atoms with E-state index in [1.54, 1.807) is 0 Å². The molecule has 2 fully saturated rings. The van der Waals surface area contributed by atoms with Crippen LogP contribution in [-0.4, -0.2) is 48.9 Å². The number of carbonyl (C=O) groups is 2. The lowest BCUT2D eigenvalue weighted by Crippen LogP contribution is -3.15. The lowest BCUT2D eigenvalue weighted by molar-refractivity contribution is -0.929. The molecule has 0 aliphatic carbocycles. The Morgan fingerprint density at radius 3 is 2.00 bits per heavy atom. The molecule has 140 valence electrons. The van der Waals surface area contributed by atoms with Gasteiger partial charge in [-0.1, -0.05) is 60.7 Å². The Hall–Kier alpha value is -2.66. The van der Waals surface area contributed by atoms with Crippen molar-refractivity contribution in [2.75, 3.05) is 26.2 Å². The fourth-order valence-corrected chi connectivity index (χ4v) is 4.28. The first-order chi connectivity index (χ1) is 13.2. The summed E-state index contributed by atoms with van der Waals surface area (Å²) in [5.41, 5.74) is 2.61. The summed E-state index contributed by atoms with van der Waals surface area (Å²) in [6.45, 7) is 3.27. The van der Waals surface area contributed by atoms with Crippen molar-refractivity contribution in [2.24, 2.45) is 0 Å². The first-order valence-corrected chi connectivity index (χ1v) is 9.75. The van der Waals surface area contributed by atoms with E-state index in [0.29, 0.717) is 12.8 Å². The third-order valence-electron chi connectivity index (χ3n) is 5.68. The Kier molecular flexibility index (Phi) is 5.21. The topological polar surface area (TPSA) is 53.9 Å². The summed E-state index contributed by atoms with van der Waals surface area (Å²) in [5, 5.41) is 2.80. The minimum absolute atomic E-state index is 0.00849. The molecule has 1 atom stereocenters. The Labute approximate surface area is 160 Å². The van der Waals surface area contributed by atoms with E-state index in [4.69, 9.17) is 0 Å². The van der Waals surface area contributed by atoms with Crippen molar-refractivity contribution in [3.63, 3.8) is 0 Å². The van der Waals surface area contributed by atoms with Crippen molar-refractivity contribution in [1.29, 1.82) is 0 Å². The molecule has 0 bridgehead atoms. The molecule has 2 N–H and O–H groups in total. The van der Waals surface area contributed by atoms with Crippen LogP contribution in [0.3, 0.4) is 0 Å². The van der Waals surface area contributed by atoms with Gasteiger partial charge in [0.2, 0.25) is 11.8 Å². The van der Waals surface area contributed by atoms with E-state index >= 15 is 0 Å². The zero-order valence-electron chi connectivity index (χ0n) is 15.4. The van der Waals surface area contributed by atoms with Crippen LogP contribution in [0.25, 0.3) is 0 Å². The molecule has 5 nitrogen and oxygen atoms in total. The normalized spacial score (nSPS) is 20.7. The third-order valence-corrected chi connectivity index (χ3v) is 5.68. The SMILES string of the molecule is O=C1CC[C@@H](C(=O)N2CC[NH+](C(c3ccccc3)c3ccccc3)CC2)N1. The number of carbonyl (C=O) groups excluding carboxylic acids is 2. The molecule has 2 aliphatic heterocycles. The first-order valence-electron chi connectivity index (χ1n) is 9.75. The predicted molar refractivity (Wildman–Crippen MR) is 103 cm³/mol. The zero-order valence-corrected chi connectivity index (χ0v) is 15.4. The van der Waals surface area contributed by atoms with Crippen LogP contribution in [0.5, 0.6) is 0 Å². The number of nitrogens with zero attached hydrogens (tertiary/aromatic N) is 1. The quantitative estimate of drug-likeness (QED) is 0.843. The average Bonchev–Trinajstić information content (AvgIpc) is 3.16. The van der Waals surface area contributed by atoms with Gasteiger partial charge in [0.05, 0.1) is 26.2 Å². The van der Waals surface area contributed by atoms with E-state index in [2.05, 4.69) is 53.8 Å². The minimum Gasteiger partial charge on any atom is -0.344 e. The molecular weight excluding hydrogens is 338 g/mol. The Bertz CT molecular complexity index is 746. The molecule has 5 heteroatoms. The number of hydrogen-bond acceptors (Lipinski definition) is 2. The summed E-state index contributed by atoms with van der Waals surface area (Å²) in [5.74, 6) is 0.0710. The van der Waals surface area contributed by atoms with Crippen molar-refractivity contribution in [1.82, 2.24) is 10.2 Å². The van der Waals surface area contributed by atoms with Gasteiger partial charge in [-0.15, -0.1) is 0 Å². The number of piperazine rings is 1. The van der Waals surface area contributed by atoms with Crippen LogP contribution in [-0.2, 0) is 9.59 Å². The van der Waals surface area contributed by atoms with Gasteiger partial charge in [-0.2, -0.15) is 0 Å². The number of amides is 2. The number of rotatable bonds is 4. The summed E-state index contributed by atoms with van der Waals surface area (Å²) >= 11 is 0. The van der Waals surface area contributed by atoms with Gasteiger partial charge in [0.1, 0.15) is 12.1 Å². The molecule has 0 unspecified atom stereocenters. The van der Waals surface area contributed by atoms with Gasteiger partial charge in [-0.25, -0.2) is 0 Å². The monoisotopic (exact) mass is 364 g/mol. The lowest BCUT2D eigenvalue weighted by atomic mass is 9.96. The molecule has 0 saturated carbocycles. The first kappa shape index (κ1) is 17.7. The fraction of sp³-hybridized carbons (Fsp3) is 0.364. The molecular formula is C22H26N3O2+. The van der Waals surface area contributed by atoms with E-state index in [0.717, 1.165) is 26.2 Å². The Morgan fingerprint density at radius 2 is 1.52 bits per heavy atom. The highest BCUT2D eigenvalue weighted by Crippen LogP contribution is 2.19. The van der Waals surface area contributed by atoms with Gasteiger partial charge < -0.3 is 15.1 Å². The molecule has 4 rings (SSSR count). The molecule has 2 aliphatic rings. The third kappa shape index (κ3) is 3.88. The number of nitrogens with one attached hydrogen (secondary N) is 2. The van der Waals surface area contributed by atoms with Crippen LogP contribution in [0.1, 0.15) is 30.0 Å². The number of quaternary nitrogens is 1. The zero-order chi connectivity index (χ0) is 18.6. The largest absolute Gasteiger partial charge is 0.344 e. The smallest absolute Gasteiger partial charge is 0.245 e. The van der Waals surface area contributed by atoms with Gasteiger partial charge in [-0.3, -0.25) is 9.59 Å². The summed E-state index contributed by atoms with van der Waals surface area (Å²) in [6, 6.07) is 21.2. The molecule has 2 heterocycles. The van der Waals surface area contributed by atoms with Crippen LogP contribution in [0.2, 0.25) is 0 Å². The van der Waals surface area contributed by atoms with Crippen LogP contribution in [0, 0.1) is 0 Å². The number of hydrogen-bond donors (Lipinski definition) is 2. The second-order valence-corrected chi connectivity index (χ2v) is 7.40. The van der Waals surface area contributed by atoms with Gasteiger partial charge >= 0.3 is 0 Å². The van der Waals surface area contributed by atoms with Crippen molar-refractivity contribution in [3.05, 3.63) is 71.8 Å². The van der Waals surface area contributed by atoms with E-state index in [1.807, 2.05) is 17.0 Å². The van der Waals surface area contributed by atoms with Crippen molar-refractivity contribution >= 4 is 11.8 Å². The molecule has 0 spiro atoms. The maximum atomic E-state index is 12.7. The second kappa shape index (κ2) is 7.92. The highest BCUT2D eigenvalue weighted by atomic mass is 16.2. The van der Waals surface area contributed by atoms with E-state index in [1.165, 1.54) is 16.0 Å². The summed E-state index contributed by atoms with van der Waals surface area (Å²) in [6.07, 6.45) is 1.09. The minimum atomic E-state index is -0.321. The second-order valence-electron chi connectivity index (χ2n) is 7.40. The van der Waals surface area contributed by atoms with Crippen molar-refractivity contribution in [2.45, 2.75) is 24.9 Å². The van der Waals surface area contributed by atoms with E-state index < -0.39 is 0 Å². The molecule has 2 saturated heterocycles. The molecule has 2 aromatic carbocycles. The molecule has 2 amide bonds. The van der Waals surface area contributed by atoms with Gasteiger partial charge in [0.25, 0.3) is 0 Å².